The molecule has 5 atom stereocenters. The van der Waals surface area contributed by atoms with Crippen LogP contribution in [0, 0.1) is 0 Å². The molecule has 5 unspecified atom stereocenters. The van der Waals surface area contributed by atoms with E-state index in [-0.39, 0.29) is 67.1 Å². The van der Waals surface area contributed by atoms with E-state index in [2.05, 4.69) is 24.4 Å². The van der Waals surface area contributed by atoms with Gasteiger partial charge in [0.1, 0.15) is 28.0 Å². The molecular weight excluding hydrogens is 1280 g/mol. The molecule has 0 aliphatic heterocycles. The predicted molar refractivity (Wildman–Crippen MR) is 151 cm³/mol. The van der Waals surface area contributed by atoms with E-state index in [1.54, 1.807) is 0 Å². The van der Waals surface area contributed by atoms with Gasteiger partial charge in [0.15, 0.2) is 0 Å². The molecule has 0 heterocycles. The number of carbonyl (C=O) groups is 15. The second kappa shape index (κ2) is 39.4. The van der Waals surface area contributed by atoms with Crippen LogP contribution in [0.1, 0.15) is 64.2 Å². The first-order valence-corrected chi connectivity index (χ1v) is 16.4. The van der Waals surface area contributed by atoms with Crippen molar-refractivity contribution in [3.8, 4) is 0 Å². The van der Waals surface area contributed by atoms with Crippen molar-refractivity contribution in [1.82, 2.24) is 0 Å². The Labute approximate surface area is 446 Å². The van der Waals surface area contributed by atoms with Crippen molar-refractivity contribution < 1.29 is 266 Å². The topological polar surface area (TPSA) is 749 Å². The van der Waals surface area contributed by atoms with Gasteiger partial charge in [-0.15, -0.1) is 0 Å². The summed E-state index contributed by atoms with van der Waals surface area (Å²) >= 11 is 0. The second-order valence-corrected chi connectivity index (χ2v) is 12.5. The van der Waals surface area contributed by atoms with Gasteiger partial charge in [-0.05, 0) is 0 Å². The maximum Gasteiger partial charge on any atom is 5.00 e. The molecule has 0 rings (SSSR count). The molecular formula is C30H25Nb3O40. The van der Waals surface area contributed by atoms with Crippen molar-refractivity contribution in [2.24, 2.45) is 0 Å². The predicted octanol–water partition coefficient (Wildman–Crippen LogP) is -25.9. The first kappa shape index (κ1) is 83.7. The van der Waals surface area contributed by atoms with Crippen LogP contribution in [-0.2, 0) is 163 Å². The van der Waals surface area contributed by atoms with Crippen LogP contribution in [-0.4, -0.2) is 143 Å². The normalized spacial score (nSPS) is 13.6. The molecule has 0 saturated heterocycles. The fourth-order valence-electron chi connectivity index (χ4n) is 3.57. The Balaban J connectivity index is -0.000000119. The zero-order valence-electron chi connectivity index (χ0n) is 34.9. The van der Waals surface area contributed by atoms with Gasteiger partial charge in [-0.25, -0.2) is 0 Å². The average molecular weight is 1300 g/mol. The number of aliphatic carboxylic acids is 10. The minimum atomic E-state index is -2.99. The van der Waals surface area contributed by atoms with Crippen molar-refractivity contribution in [1.29, 1.82) is 0 Å². The van der Waals surface area contributed by atoms with Crippen LogP contribution in [0.2, 0.25) is 0 Å². The Morgan fingerprint density at radius 2 is 0.342 bits per heavy atom. The third kappa shape index (κ3) is 38.2. The molecule has 43 heteroatoms. The van der Waals surface area contributed by atoms with Gasteiger partial charge in [0, 0.05) is 62.0 Å². The van der Waals surface area contributed by atoms with Crippen molar-refractivity contribution in [3.05, 3.63) is 0 Å². The van der Waals surface area contributed by atoms with Crippen molar-refractivity contribution in [3.63, 3.8) is 0 Å². The third-order valence-corrected chi connectivity index (χ3v) is 6.73. The van der Waals surface area contributed by atoms with Gasteiger partial charge in [-0.3, -0.25) is 24.0 Å². The van der Waals surface area contributed by atoms with E-state index in [9.17, 15) is 149 Å². The minimum Gasteiger partial charge on any atom is -0.662 e. The van der Waals surface area contributed by atoms with Crippen LogP contribution < -0.4 is 77.4 Å². The number of carbonyl (C=O) groups excluding carboxylic acids is 15. The van der Waals surface area contributed by atoms with E-state index < -0.39 is 182 Å². The molecule has 0 aromatic rings. The summed E-state index contributed by atoms with van der Waals surface area (Å²) in [7, 11) is 0. The Kier molecular flexibility index (Phi) is 45.2. The van der Waals surface area contributed by atoms with E-state index in [0.29, 0.717) is 0 Å². The summed E-state index contributed by atoms with van der Waals surface area (Å²) in [6.07, 6.45) is -13.4. The fraction of sp³-hybridized carbons (Fsp3) is 0.500. The van der Waals surface area contributed by atoms with Crippen LogP contribution in [0.3, 0.4) is 0 Å². The largest absolute Gasteiger partial charge is 5.00 e. The second-order valence-electron chi connectivity index (χ2n) is 12.5. The summed E-state index contributed by atoms with van der Waals surface area (Å²) in [4.78, 5) is 167. The molecule has 5 N–H and O–H groups in total. The zero-order chi connectivity index (χ0) is 56.8. The van der Waals surface area contributed by atoms with Crippen LogP contribution in [0.25, 0.3) is 0 Å². The van der Waals surface area contributed by atoms with E-state index in [0.717, 1.165) is 0 Å². The molecule has 400 valence electrons. The average Bonchev–Trinajstić information content (AvgIpc) is 3.19. The third-order valence-electron chi connectivity index (χ3n) is 6.73. The van der Waals surface area contributed by atoms with Crippen LogP contribution >= 0.6 is 0 Å². The molecule has 0 fully saturated rings. The van der Waals surface area contributed by atoms with E-state index in [4.69, 9.17) is 25.5 Å². The van der Waals surface area contributed by atoms with Crippen molar-refractivity contribution in [2.75, 3.05) is 0 Å². The molecule has 0 aromatic heterocycles. The maximum atomic E-state index is 10.3. The molecule has 0 spiro atoms. The van der Waals surface area contributed by atoms with E-state index in [1.165, 1.54) is 0 Å². The number of aliphatic hydroxyl groups is 5. The zero-order valence-corrected chi connectivity index (χ0v) is 41.5. The standard InChI is InChI=1S/5C6H8O8.3Nb/c5*7-3(8)1-6(12,5(10)11)2-4(9)14-13;;;/h5*12-13H,1-2H2,(H,7,8)(H,10,11);;;/q;;;;;3*+5/p-15. The van der Waals surface area contributed by atoms with Crippen LogP contribution in [0.4, 0.5) is 0 Å². The smallest absolute Gasteiger partial charge is 0.662 e. The molecule has 73 heavy (non-hydrogen) atoms. The summed E-state index contributed by atoms with van der Waals surface area (Å²) in [6.45, 7) is 0. The summed E-state index contributed by atoms with van der Waals surface area (Å²) in [5, 5.41) is 194. The van der Waals surface area contributed by atoms with Gasteiger partial charge in [-0.1, -0.05) is 0 Å². The number of rotatable bonds is 25. The summed E-state index contributed by atoms with van der Waals surface area (Å²) in [5.74, 6) is -28.6. The fourth-order valence-corrected chi connectivity index (χ4v) is 3.57. The van der Waals surface area contributed by atoms with E-state index >= 15 is 0 Å². The number of hydrogen-bond donors (Lipinski definition) is 5. The monoisotopic (exact) mass is 1300 g/mol. The first-order chi connectivity index (χ1) is 31.6. The molecule has 0 amide bonds. The van der Waals surface area contributed by atoms with Gasteiger partial charge < -0.3 is 175 Å². The van der Waals surface area contributed by atoms with Gasteiger partial charge in [0.05, 0.1) is 62.0 Å². The molecule has 0 radical (unpaired) electrons. The van der Waals surface area contributed by atoms with Crippen LogP contribution in [0.15, 0.2) is 0 Å². The molecule has 40 nitrogen and oxygen atoms in total. The molecule has 0 bridgehead atoms. The summed E-state index contributed by atoms with van der Waals surface area (Å²) < 4.78 is 0. The van der Waals surface area contributed by atoms with Gasteiger partial charge in [0.25, 0.3) is 0 Å². The molecule has 0 aliphatic rings. The number of hydrogen-bond acceptors (Lipinski definition) is 40. The van der Waals surface area contributed by atoms with Gasteiger partial charge >= 0.3 is 97.0 Å². The van der Waals surface area contributed by atoms with E-state index in [1.807, 2.05) is 0 Å². The first-order valence-electron chi connectivity index (χ1n) is 16.4. The summed E-state index contributed by atoms with van der Waals surface area (Å²) in [6, 6.07) is 0. The quantitative estimate of drug-likeness (QED) is 0.0322. The summed E-state index contributed by atoms with van der Waals surface area (Å²) in [5.41, 5.74) is -14.9. The van der Waals surface area contributed by atoms with Crippen LogP contribution in [0.5, 0.6) is 0 Å². The Morgan fingerprint density at radius 1 is 0.247 bits per heavy atom. The van der Waals surface area contributed by atoms with Gasteiger partial charge in [0.2, 0.25) is 0 Å². The Morgan fingerprint density at radius 3 is 0.397 bits per heavy atom. The molecule has 0 aromatic carbocycles. The van der Waals surface area contributed by atoms with Crippen molar-refractivity contribution in [2.45, 2.75) is 92.2 Å². The number of carboxylic acids is 10. The molecule has 0 aliphatic carbocycles. The van der Waals surface area contributed by atoms with Crippen molar-refractivity contribution >= 4 is 89.5 Å². The minimum absolute atomic E-state index is 0. The maximum absolute atomic E-state index is 10.3. The SMILES string of the molecule is O=C([O-])CC(O)(CC(=O)O[O-])C(=O)[O-].O=C([O-])CC(O)(CC(=O)O[O-])C(=O)[O-].O=C([O-])CC(O)(CC(=O)O[O-])C(=O)[O-].O=C([O-])CC(O)(CC(=O)O[O-])C(=O)[O-].O=C([O-])CC(O)(CC(=O)O[O-])C(=O)[O-].[Nb+5].[Nb+5].[Nb+5]. The Hall–Kier alpha value is -6.13. The Bertz CT molecular complexity index is 1620. The van der Waals surface area contributed by atoms with Gasteiger partial charge in [-0.2, -0.15) is 0 Å². The molecule has 0 saturated carbocycles. The number of carboxylic acid groups (broad SMARTS) is 10.